The van der Waals surface area contributed by atoms with Crippen LogP contribution in [-0.4, -0.2) is 18.1 Å². The maximum atomic E-state index is 12.5. The zero-order chi connectivity index (χ0) is 17.4. The average molecular weight is 319 g/mol. The van der Waals surface area contributed by atoms with E-state index in [9.17, 15) is 4.79 Å². The third kappa shape index (κ3) is 2.67. The smallest absolute Gasteiger partial charge is 0.338 e. The van der Waals surface area contributed by atoms with Crippen molar-refractivity contribution >= 4 is 16.9 Å². The van der Waals surface area contributed by atoms with Gasteiger partial charge < -0.3 is 4.74 Å². The number of carbonyl (C=O) groups is 1. The zero-order valence-corrected chi connectivity index (χ0v) is 14.7. The van der Waals surface area contributed by atoms with Crippen molar-refractivity contribution < 1.29 is 9.53 Å². The zero-order valence-electron chi connectivity index (χ0n) is 14.7. The Balaban J connectivity index is 2.42. The molecule has 0 fully saturated rings. The predicted octanol–water partition coefficient (Wildman–Crippen LogP) is 4.92. The Morgan fingerprint density at radius 1 is 0.958 bits per heavy atom. The second-order valence-electron chi connectivity index (χ2n) is 6.30. The van der Waals surface area contributed by atoms with Gasteiger partial charge in [-0.15, -0.1) is 0 Å². The highest BCUT2D eigenvalue weighted by atomic mass is 16.5. The molecule has 0 amide bonds. The first kappa shape index (κ1) is 16.2. The van der Waals surface area contributed by atoms with Crippen molar-refractivity contribution in [1.29, 1.82) is 0 Å². The third-order valence-corrected chi connectivity index (χ3v) is 4.38. The van der Waals surface area contributed by atoms with Gasteiger partial charge in [-0.3, -0.25) is 0 Å². The second kappa shape index (κ2) is 6.08. The van der Waals surface area contributed by atoms with Crippen LogP contribution >= 0.6 is 0 Å². The number of aryl methyl sites for hydroxylation is 3. The number of ether oxygens (including phenoxy) is 1. The predicted molar refractivity (Wildman–Crippen MR) is 97.5 cm³/mol. The maximum Gasteiger partial charge on any atom is 0.338 e. The summed E-state index contributed by atoms with van der Waals surface area (Å²) in [6.07, 6.45) is 0. The van der Waals surface area contributed by atoms with Gasteiger partial charge in [0.2, 0.25) is 0 Å². The molecule has 0 aliphatic heterocycles. The minimum absolute atomic E-state index is 0.321. The van der Waals surface area contributed by atoms with Crippen molar-refractivity contribution in [1.82, 2.24) is 4.98 Å². The molecule has 0 bridgehead atoms. The van der Waals surface area contributed by atoms with Crippen molar-refractivity contribution in [3.8, 4) is 11.3 Å². The van der Waals surface area contributed by atoms with E-state index in [0.717, 1.165) is 38.9 Å². The summed E-state index contributed by atoms with van der Waals surface area (Å²) in [4.78, 5) is 17.3. The van der Waals surface area contributed by atoms with E-state index < -0.39 is 0 Å². The van der Waals surface area contributed by atoms with Gasteiger partial charge in [-0.1, -0.05) is 41.5 Å². The fourth-order valence-corrected chi connectivity index (χ4v) is 3.17. The summed E-state index contributed by atoms with van der Waals surface area (Å²) in [6, 6.07) is 12.3. The first-order valence-electron chi connectivity index (χ1n) is 7.99. The van der Waals surface area contributed by atoms with Crippen LogP contribution in [0, 0.1) is 27.7 Å². The van der Waals surface area contributed by atoms with Crippen LogP contribution in [0.5, 0.6) is 0 Å². The minimum atomic E-state index is -0.321. The molecule has 0 atom stereocenters. The Morgan fingerprint density at radius 2 is 1.62 bits per heavy atom. The monoisotopic (exact) mass is 319 g/mol. The molecule has 0 radical (unpaired) electrons. The highest BCUT2D eigenvalue weighted by molar-refractivity contribution is 6.07. The largest absolute Gasteiger partial charge is 0.465 e. The Morgan fingerprint density at radius 3 is 2.25 bits per heavy atom. The van der Waals surface area contributed by atoms with E-state index in [0.29, 0.717) is 5.56 Å². The lowest BCUT2D eigenvalue weighted by Gasteiger charge is -2.15. The van der Waals surface area contributed by atoms with Crippen LogP contribution in [0.3, 0.4) is 0 Å². The number of hydrogen-bond acceptors (Lipinski definition) is 3. The van der Waals surface area contributed by atoms with E-state index in [-0.39, 0.29) is 5.97 Å². The standard InChI is InChI=1S/C21H21NO2/c1-12-6-8-16(9-7-12)20-15(4)18(21(23)24-5)17-11-13(2)10-14(3)19(17)22-20/h6-11H,1-5H3. The number of methoxy groups -OCH3 is 1. The normalized spacial score (nSPS) is 10.9. The number of carbonyl (C=O) groups excluding carboxylic acids is 1. The quantitative estimate of drug-likeness (QED) is 0.629. The lowest BCUT2D eigenvalue weighted by atomic mass is 9.95. The number of pyridine rings is 1. The Hall–Kier alpha value is -2.68. The van der Waals surface area contributed by atoms with Crippen molar-refractivity contribution in [3.05, 3.63) is 64.2 Å². The van der Waals surface area contributed by atoms with Gasteiger partial charge in [-0.05, 0) is 44.9 Å². The molecule has 1 aromatic heterocycles. The number of benzene rings is 2. The lowest BCUT2D eigenvalue weighted by Crippen LogP contribution is -2.08. The Bertz CT molecular complexity index is 940. The summed E-state index contributed by atoms with van der Waals surface area (Å²) in [5, 5.41) is 0.854. The molecular formula is C21H21NO2. The van der Waals surface area contributed by atoms with Gasteiger partial charge in [-0.2, -0.15) is 0 Å². The van der Waals surface area contributed by atoms with Gasteiger partial charge >= 0.3 is 5.97 Å². The molecule has 0 aliphatic rings. The number of hydrogen-bond donors (Lipinski definition) is 0. The van der Waals surface area contributed by atoms with Gasteiger partial charge in [0.25, 0.3) is 0 Å². The second-order valence-corrected chi connectivity index (χ2v) is 6.30. The summed E-state index contributed by atoms with van der Waals surface area (Å²) in [5.41, 5.74) is 7.49. The molecule has 3 aromatic rings. The van der Waals surface area contributed by atoms with Crippen LogP contribution in [0.4, 0.5) is 0 Å². The summed E-state index contributed by atoms with van der Waals surface area (Å²) >= 11 is 0. The van der Waals surface area contributed by atoms with Crippen LogP contribution in [0.25, 0.3) is 22.2 Å². The molecule has 0 saturated carbocycles. The molecule has 0 unspecified atom stereocenters. The van der Waals surface area contributed by atoms with Crippen molar-refractivity contribution in [2.24, 2.45) is 0 Å². The van der Waals surface area contributed by atoms with Crippen molar-refractivity contribution in [2.45, 2.75) is 27.7 Å². The van der Waals surface area contributed by atoms with Crippen molar-refractivity contribution in [3.63, 3.8) is 0 Å². The summed E-state index contributed by atoms with van der Waals surface area (Å²) in [7, 11) is 1.42. The summed E-state index contributed by atoms with van der Waals surface area (Å²) in [5.74, 6) is -0.321. The molecule has 1 heterocycles. The molecule has 24 heavy (non-hydrogen) atoms. The molecule has 122 valence electrons. The SMILES string of the molecule is COC(=O)c1c(C)c(-c2ccc(C)cc2)nc2c(C)cc(C)cc12. The first-order valence-corrected chi connectivity index (χ1v) is 7.99. The van der Waals surface area contributed by atoms with Crippen LogP contribution in [0.1, 0.15) is 32.6 Å². The fourth-order valence-electron chi connectivity index (χ4n) is 3.17. The van der Waals surface area contributed by atoms with E-state index in [4.69, 9.17) is 9.72 Å². The minimum Gasteiger partial charge on any atom is -0.465 e. The molecule has 0 saturated heterocycles. The number of esters is 1. The van der Waals surface area contributed by atoms with Crippen LogP contribution in [-0.2, 0) is 4.74 Å². The van der Waals surface area contributed by atoms with E-state index in [1.807, 2.05) is 39.0 Å². The average Bonchev–Trinajstić information content (AvgIpc) is 2.55. The molecule has 2 aromatic carbocycles. The highest BCUT2D eigenvalue weighted by Gasteiger charge is 2.20. The van der Waals surface area contributed by atoms with Crippen LogP contribution in [0.2, 0.25) is 0 Å². The van der Waals surface area contributed by atoms with E-state index >= 15 is 0 Å². The van der Waals surface area contributed by atoms with Gasteiger partial charge in [0.1, 0.15) is 0 Å². The maximum absolute atomic E-state index is 12.5. The van der Waals surface area contributed by atoms with Crippen LogP contribution in [0.15, 0.2) is 36.4 Å². The summed E-state index contributed by atoms with van der Waals surface area (Å²) in [6.45, 7) is 8.04. The molecule has 0 N–H and O–H groups in total. The molecule has 0 aliphatic carbocycles. The topological polar surface area (TPSA) is 39.2 Å². The number of rotatable bonds is 2. The number of nitrogens with zero attached hydrogens (tertiary/aromatic N) is 1. The van der Waals surface area contributed by atoms with Crippen molar-refractivity contribution in [2.75, 3.05) is 7.11 Å². The number of aromatic nitrogens is 1. The van der Waals surface area contributed by atoms with E-state index in [1.54, 1.807) is 0 Å². The number of fused-ring (bicyclic) bond motifs is 1. The third-order valence-electron chi connectivity index (χ3n) is 4.38. The Labute approximate surface area is 142 Å². The molecule has 3 nitrogen and oxygen atoms in total. The summed E-state index contributed by atoms with van der Waals surface area (Å²) < 4.78 is 5.05. The molecule has 3 rings (SSSR count). The lowest BCUT2D eigenvalue weighted by molar-refractivity contribution is 0.0602. The molecular weight excluding hydrogens is 298 g/mol. The van der Waals surface area contributed by atoms with Crippen LogP contribution < -0.4 is 0 Å². The molecule has 3 heteroatoms. The Kier molecular flexibility index (Phi) is 4.10. The fraction of sp³-hybridized carbons (Fsp3) is 0.238. The van der Waals surface area contributed by atoms with E-state index in [2.05, 4.69) is 25.1 Å². The van der Waals surface area contributed by atoms with Gasteiger partial charge in [0.05, 0.1) is 23.9 Å². The molecule has 0 spiro atoms. The first-order chi connectivity index (χ1) is 11.4. The van der Waals surface area contributed by atoms with E-state index in [1.165, 1.54) is 12.7 Å². The van der Waals surface area contributed by atoms with Gasteiger partial charge in [0.15, 0.2) is 0 Å². The highest BCUT2D eigenvalue weighted by Crippen LogP contribution is 2.32. The van der Waals surface area contributed by atoms with Gasteiger partial charge in [0, 0.05) is 10.9 Å². The van der Waals surface area contributed by atoms with Gasteiger partial charge in [-0.25, -0.2) is 9.78 Å².